The molecule has 5 nitrogen and oxygen atoms in total. The quantitative estimate of drug-likeness (QED) is 0.347. The van der Waals surface area contributed by atoms with Crippen molar-refractivity contribution in [2.45, 2.75) is 61.9 Å². The van der Waals surface area contributed by atoms with E-state index in [9.17, 15) is 39.2 Å². The second-order valence-corrected chi connectivity index (χ2v) is 12.4. The van der Waals surface area contributed by atoms with E-state index in [1.807, 2.05) is 0 Å². The van der Waals surface area contributed by atoms with Crippen LogP contribution in [0.1, 0.15) is 55.7 Å². The van der Waals surface area contributed by atoms with Crippen LogP contribution < -0.4 is 5.01 Å². The van der Waals surface area contributed by atoms with E-state index in [1.165, 1.54) is 10.4 Å². The van der Waals surface area contributed by atoms with Gasteiger partial charge in [0.25, 0.3) is 0 Å². The van der Waals surface area contributed by atoms with E-state index < -0.39 is 57.6 Å². The number of hydrogen-bond donors (Lipinski definition) is 0. The van der Waals surface area contributed by atoms with Gasteiger partial charge in [0.15, 0.2) is 5.82 Å². The lowest BCUT2D eigenvalue weighted by molar-refractivity contribution is -0.249. The summed E-state index contributed by atoms with van der Waals surface area (Å²) in [5, 5.41) is 3.84. The monoisotopic (exact) mass is 589 g/mol. The highest BCUT2D eigenvalue weighted by atomic mass is 32.2. The Morgan fingerprint density at radius 1 is 0.950 bits per heavy atom. The number of hydrazone groups is 1. The van der Waals surface area contributed by atoms with Gasteiger partial charge in [-0.25, -0.2) is 17.2 Å². The summed E-state index contributed by atoms with van der Waals surface area (Å²) in [7, 11) is -3.42. The van der Waals surface area contributed by atoms with Crippen LogP contribution in [0.2, 0.25) is 0 Å². The Balaban J connectivity index is 1.44. The van der Waals surface area contributed by atoms with Crippen molar-refractivity contribution < 1.29 is 39.2 Å². The van der Waals surface area contributed by atoms with Crippen LogP contribution in [0.15, 0.2) is 53.6 Å². The third-order valence-electron chi connectivity index (χ3n) is 7.68. The first-order valence-corrected chi connectivity index (χ1v) is 14.3. The van der Waals surface area contributed by atoms with Crippen LogP contribution in [0.4, 0.5) is 36.4 Å². The van der Waals surface area contributed by atoms with Gasteiger partial charge in [-0.1, -0.05) is 37.1 Å². The number of halogens is 7. The number of nitrogens with zero attached hydrogens (tertiary/aromatic N) is 3. The van der Waals surface area contributed by atoms with Gasteiger partial charge in [-0.05, 0) is 54.2 Å². The van der Waals surface area contributed by atoms with Gasteiger partial charge in [0.1, 0.15) is 11.5 Å². The minimum Gasteiger partial charge on any atom is -0.255 e. The molecule has 2 aliphatic heterocycles. The maximum atomic E-state index is 14.6. The fourth-order valence-corrected chi connectivity index (χ4v) is 7.48. The lowest BCUT2D eigenvalue weighted by Gasteiger charge is -2.29. The third-order valence-corrected chi connectivity index (χ3v) is 10.0. The number of hydrogen-bond acceptors (Lipinski definition) is 4. The number of benzene rings is 2. The van der Waals surface area contributed by atoms with E-state index in [1.54, 1.807) is 24.3 Å². The first kappa shape index (κ1) is 28.6. The highest BCUT2D eigenvalue weighted by Crippen LogP contribution is 2.45. The molecule has 1 fully saturated rings. The van der Waals surface area contributed by atoms with E-state index in [-0.39, 0.29) is 18.3 Å². The average Bonchev–Trinajstić information content (AvgIpc) is 3.60. The van der Waals surface area contributed by atoms with Crippen LogP contribution in [-0.4, -0.2) is 48.9 Å². The fraction of sp³-hybridized carbons (Fsp3) is 0.444. The van der Waals surface area contributed by atoms with Crippen molar-refractivity contribution in [1.82, 2.24) is 4.31 Å². The van der Waals surface area contributed by atoms with Crippen molar-refractivity contribution in [3.8, 4) is 0 Å². The van der Waals surface area contributed by atoms with Crippen LogP contribution in [-0.2, 0) is 10.0 Å². The molecule has 1 aliphatic carbocycles. The van der Waals surface area contributed by atoms with E-state index in [4.69, 9.17) is 0 Å². The van der Waals surface area contributed by atoms with E-state index in [0.29, 0.717) is 36.5 Å². The Morgan fingerprint density at radius 3 is 2.30 bits per heavy atom. The second kappa shape index (κ2) is 10.5. The number of anilines is 1. The lowest BCUT2D eigenvalue weighted by Crippen LogP contribution is -2.43. The first-order chi connectivity index (χ1) is 18.8. The topological polar surface area (TPSA) is 53.0 Å². The molecule has 0 amide bonds. The lowest BCUT2D eigenvalue weighted by atomic mass is 9.93. The molecule has 13 heteroatoms. The van der Waals surface area contributed by atoms with Gasteiger partial charge in [-0.2, -0.15) is 31.4 Å². The Kier molecular flexibility index (Phi) is 7.49. The van der Waals surface area contributed by atoms with Crippen LogP contribution in [0, 0.1) is 11.6 Å². The Labute approximate surface area is 227 Å². The molecule has 2 aromatic carbocycles. The smallest absolute Gasteiger partial charge is 0.255 e. The highest BCUT2D eigenvalue weighted by Gasteiger charge is 2.63. The van der Waals surface area contributed by atoms with Gasteiger partial charge in [-0.3, -0.25) is 5.01 Å². The molecule has 1 atom stereocenters. The Morgan fingerprint density at radius 2 is 1.68 bits per heavy atom. The van der Waals surface area contributed by atoms with Gasteiger partial charge in [-0.15, -0.1) is 0 Å². The van der Waals surface area contributed by atoms with Crippen molar-refractivity contribution in [1.29, 1.82) is 0 Å². The minimum absolute atomic E-state index is 0.166. The van der Waals surface area contributed by atoms with Crippen molar-refractivity contribution in [3.63, 3.8) is 0 Å². The molecule has 1 unspecified atom stereocenters. The van der Waals surface area contributed by atoms with Crippen LogP contribution in [0.5, 0.6) is 0 Å². The van der Waals surface area contributed by atoms with Gasteiger partial charge >= 0.3 is 12.1 Å². The molecule has 216 valence electrons. The average molecular weight is 590 g/mol. The number of alkyl halides is 5. The van der Waals surface area contributed by atoms with Crippen molar-refractivity contribution >= 4 is 27.0 Å². The Bertz CT molecular complexity index is 1450. The maximum Gasteiger partial charge on any atom is 0.459 e. The standard InChI is InChI=1S/C27H26F7N3O2S/c28-20-8-9-23(22(29)15-20)37-24(16-25(35-37)26(30,31)27(32,33)34)19-5-3-4-18(14-19)17-10-12-36(13-11-17)40(38,39)21-6-1-2-7-21/h3-5,8-10,14-15,21,24H,1-2,6-7,11-13,16H2. The van der Waals surface area contributed by atoms with E-state index in [2.05, 4.69) is 5.10 Å². The molecular weight excluding hydrogens is 563 g/mol. The summed E-state index contributed by atoms with van der Waals surface area (Å²) in [4.78, 5) is 0. The molecule has 0 saturated heterocycles. The normalized spacial score (nSPS) is 21.6. The summed E-state index contributed by atoms with van der Waals surface area (Å²) in [6, 6.07) is 7.47. The van der Waals surface area contributed by atoms with Gasteiger partial charge < -0.3 is 0 Å². The number of rotatable bonds is 6. The predicted octanol–water partition coefficient (Wildman–Crippen LogP) is 6.83. The summed E-state index contributed by atoms with van der Waals surface area (Å²) in [5.41, 5.74) is -0.219. The second-order valence-electron chi connectivity index (χ2n) is 10.2. The summed E-state index contributed by atoms with van der Waals surface area (Å²) in [5.74, 6) is -7.37. The molecule has 3 aliphatic rings. The molecule has 40 heavy (non-hydrogen) atoms. The van der Waals surface area contributed by atoms with Gasteiger partial charge in [0, 0.05) is 25.6 Å². The number of sulfonamides is 1. The maximum absolute atomic E-state index is 14.6. The summed E-state index contributed by atoms with van der Waals surface area (Å²) in [6.45, 7) is 0.427. The van der Waals surface area contributed by atoms with Crippen LogP contribution >= 0.6 is 0 Å². The zero-order valence-corrected chi connectivity index (χ0v) is 22.0. The molecule has 1 saturated carbocycles. The molecule has 2 heterocycles. The summed E-state index contributed by atoms with van der Waals surface area (Å²) in [6.07, 6.45) is -1.57. The Hall–Kier alpha value is -2.93. The zero-order valence-electron chi connectivity index (χ0n) is 21.1. The molecule has 0 bridgehead atoms. The van der Waals surface area contributed by atoms with Crippen molar-refractivity contribution in [3.05, 3.63) is 71.3 Å². The molecule has 0 spiro atoms. The zero-order chi connectivity index (χ0) is 28.9. The molecule has 0 aromatic heterocycles. The molecule has 5 rings (SSSR count). The molecule has 0 N–H and O–H groups in total. The predicted molar refractivity (Wildman–Crippen MR) is 136 cm³/mol. The third kappa shape index (κ3) is 5.25. The SMILES string of the molecule is O=S(=O)(C1CCCC1)N1CC=C(c2cccc(C3CC(C(F)(F)C(F)(F)F)=NN3c3ccc(F)cc3F)c2)CC1. The highest BCUT2D eigenvalue weighted by molar-refractivity contribution is 7.89. The van der Waals surface area contributed by atoms with Gasteiger partial charge in [0.2, 0.25) is 10.0 Å². The largest absolute Gasteiger partial charge is 0.459 e. The first-order valence-electron chi connectivity index (χ1n) is 12.8. The summed E-state index contributed by atoms with van der Waals surface area (Å²) < 4.78 is 124. The molecular formula is C27H26F7N3O2S. The van der Waals surface area contributed by atoms with Crippen molar-refractivity contribution in [2.24, 2.45) is 5.10 Å². The minimum atomic E-state index is -5.91. The van der Waals surface area contributed by atoms with E-state index >= 15 is 0 Å². The van der Waals surface area contributed by atoms with Crippen LogP contribution in [0.3, 0.4) is 0 Å². The molecule has 0 radical (unpaired) electrons. The van der Waals surface area contributed by atoms with Crippen molar-refractivity contribution in [2.75, 3.05) is 18.1 Å². The van der Waals surface area contributed by atoms with Crippen LogP contribution in [0.25, 0.3) is 5.57 Å². The van der Waals surface area contributed by atoms with Gasteiger partial charge in [0.05, 0.1) is 17.0 Å². The summed E-state index contributed by atoms with van der Waals surface area (Å²) >= 11 is 0. The fourth-order valence-electron chi connectivity index (χ4n) is 5.50. The van der Waals surface area contributed by atoms with E-state index in [0.717, 1.165) is 35.6 Å². The molecule has 2 aromatic rings.